The minimum atomic E-state index is 0.329. The molecule has 0 amide bonds. The summed E-state index contributed by atoms with van der Waals surface area (Å²) in [5.74, 6) is 0.850. The predicted molar refractivity (Wildman–Crippen MR) is 72.4 cm³/mol. The zero-order chi connectivity index (χ0) is 12.4. The van der Waals surface area contributed by atoms with Gasteiger partial charge in [0.25, 0.3) is 0 Å². The largest absolute Gasteiger partial charge is 0.508 e. The van der Waals surface area contributed by atoms with Crippen molar-refractivity contribution in [3.8, 4) is 16.9 Å². The normalized spacial score (nSPS) is 10.8. The van der Waals surface area contributed by atoms with Crippen molar-refractivity contribution in [2.24, 2.45) is 0 Å². The zero-order valence-electron chi connectivity index (χ0n) is 10.6. The molecule has 0 radical (unpaired) electrons. The molecule has 0 aliphatic carbocycles. The van der Waals surface area contributed by atoms with Crippen LogP contribution in [0.2, 0.25) is 0 Å². The number of phenols is 1. The zero-order valence-corrected chi connectivity index (χ0v) is 10.6. The van der Waals surface area contributed by atoms with E-state index in [0.29, 0.717) is 11.7 Å². The Kier molecular flexibility index (Phi) is 3.19. The first-order valence-corrected chi connectivity index (χ1v) is 5.97. The first-order valence-electron chi connectivity index (χ1n) is 5.97. The quantitative estimate of drug-likeness (QED) is 0.799. The van der Waals surface area contributed by atoms with Crippen molar-refractivity contribution in [2.45, 2.75) is 26.7 Å². The van der Waals surface area contributed by atoms with E-state index in [1.54, 1.807) is 6.07 Å². The summed E-state index contributed by atoms with van der Waals surface area (Å²) in [6, 6.07) is 14.2. The Balaban J connectivity index is 2.49. The molecule has 0 spiro atoms. The van der Waals surface area contributed by atoms with Gasteiger partial charge in [0, 0.05) is 0 Å². The highest BCUT2D eigenvalue weighted by atomic mass is 16.3. The molecule has 0 atom stereocenters. The van der Waals surface area contributed by atoms with Crippen LogP contribution in [0.25, 0.3) is 11.1 Å². The summed E-state index contributed by atoms with van der Waals surface area (Å²) in [4.78, 5) is 0. The average molecular weight is 226 g/mol. The monoisotopic (exact) mass is 226 g/mol. The third-order valence-corrected chi connectivity index (χ3v) is 2.95. The Morgan fingerprint density at radius 3 is 2.35 bits per heavy atom. The van der Waals surface area contributed by atoms with Crippen molar-refractivity contribution in [3.05, 3.63) is 53.6 Å². The van der Waals surface area contributed by atoms with Crippen molar-refractivity contribution in [2.75, 3.05) is 0 Å². The molecule has 2 rings (SSSR count). The van der Waals surface area contributed by atoms with Crippen LogP contribution < -0.4 is 0 Å². The first-order chi connectivity index (χ1) is 8.06. The summed E-state index contributed by atoms with van der Waals surface area (Å²) in [7, 11) is 0. The molecule has 0 saturated heterocycles. The number of aryl methyl sites for hydroxylation is 1. The summed E-state index contributed by atoms with van der Waals surface area (Å²) in [6.07, 6.45) is 0. The van der Waals surface area contributed by atoms with E-state index in [0.717, 1.165) is 16.7 Å². The van der Waals surface area contributed by atoms with E-state index >= 15 is 0 Å². The van der Waals surface area contributed by atoms with Gasteiger partial charge in [-0.1, -0.05) is 44.2 Å². The molecular formula is C16H18O. The van der Waals surface area contributed by atoms with Crippen LogP contribution in [-0.4, -0.2) is 5.11 Å². The molecule has 0 bridgehead atoms. The van der Waals surface area contributed by atoms with E-state index in [9.17, 15) is 5.11 Å². The highest BCUT2D eigenvalue weighted by Gasteiger charge is 2.04. The predicted octanol–water partition coefficient (Wildman–Crippen LogP) is 4.49. The number of benzene rings is 2. The lowest BCUT2D eigenvalue weighted by molar-refractivity contribution is 0.475. The van der Waals surface area contributed by atoms with Gasteiger partial charge in [0.05, 0.1) is 0 Å². The molecule has 0 aromatic heterocycles. The average Bonchev–Trinajstić information content (AvgIpc) is 2.28. The van der Waals surface area contributed by atoms with Gasteiger partial charge in [0.1, 0.15) is 5.75 Å². The number of phenolic OH excluding ortho intramolecular Hbond substituents is 1. The molecule has 2 aromatic rings. The Morgan fingerprint density at radius 1 is 0.941 bits per heavy atom. The molecule has 0 saturated carbocycles. The van der Waals surface area contributed by atoms with E-state index in [4.69, 9.17) is 0 Å². The fourth-order valence-corrected chi connectivity index (χ4v) is 2.01. The molecular weight excluding hydrogens is 208 g/mol. The van der Waals surface area contributed by atoms with Crippen LogP contribution in [-0.2, 0) is 0 Å². The second-order valence-corrected chi connectivity index (χ2v) is 4.84. The smallest absolute Gasteiger partial charge is 0.116 e. The molecule has 0 aliphatic rings. The number of rotatable bonds is 2. The van der Waals surface area contributed by atoms with E-state index in [2.05, 4.69) is 44.2 Å². The molecule has 1 heteroatoms. The van der Waals surface area contributed by atoms with Gasteiger partial charge in [-0.25, -0.2) is 0 Å². The molecule has 0 heterocycles. The van der Waals surface area contributed by atoms with E-state index in [1.165, 1.54) is 5.56 Å². The maximum Gasteiger partial charge on any atom is 0.116 e. The van der Waals surface area contributed by atoms with Crippen LogP contribution in [0.15, 0.2) is 42.5 Å². The molecule has 2 aromatic carbocycles. The van der Waals surface area contributed by atoms with Crippen molar-refractivity contribution in [3.63, 3.8) is 0 Å². The molecule has 1 N–H and O–H groups in total. The summed E-state index contributed by atoms with van der Waals surface area (Å²) >= 11 is 0. The Hall–Kier alpha value is -1.76. The summed E-state index contributed by atoms with van der Waals surface area (Å²) < 4.78 is 0. The van der Waals surface area contributed by atoms with E-state index in [-0.39, 0.29) is 0 Å². The van der Waals surface area contributed by atoms with Crippen LogP contribution in [0.1, 0.15) is 30.9 Å². The Labute approximate surface area is 103 Å². The van der Waals surface area contributed by atoms with Crippen molar-refractivity contribution in [1.82, 2.24) is 0 Å². The van der Waals surface area contributed by atoms with Gasteiger partial charge >= 0.3 is 0 Å². The lowest BCUT2D eigenvalue weighted by Gasteiger charge is -2.09. The van der Waals surface area contributed by atoms with Crippen LogP contribution in [0.3, 0.4) is 0 Å². The number of aromatic hydroxyl groups is 1. The third-order valence-electron chi connectivity index (χ3n) is 2.95. The van der Waals surface area contributed by atoms with Gasteiger partial charge in [0.15, 0.2) is 0 Å². The van der Waals surface area contributed by atoms with Crippen molar-refractivity contribution in [1.29, 1.82) is 0 Å². The lowest BCUT2D eigenvalue weighted by Crippen LogP contribution is -1.88. The summed E-state index contributed by atoms with van der Waals surface area (Å²) in [5, 5.41) is 9.63. The van der Waals surface area contributed by atoms with Crippen molar-refractivity contribution < 1.29 is 5.11 Å². The van der Waals surface area contributed by atoms with Gasteiger partial charge in [-0.15, -0.1) is 0 Å². The highest BCUT2D eigenvalue weighted by molar-refractivity contribution is 5.66. The molecule has 0 aliphatic heterocycles. The molecule has 17 heavy (non-hydrogen) atoms. The molecule has 0 unspecified atom stereocenters. The Bertz CT molecular complexity index is 507. The van der Waals surface area contributed by atoms with Gasteiger partial charge in [-0.05, 0) is 47.2 Å². The van der Waals surface area contributed by atoms with Gasteiger partial charge in [0.2, 0.25) is 0 Å². The second-order valence-electron chi connectivity index (χ2n) is 4.84. The minimum absolute atomic E-state index is 0.329. The van der Waals surface area contributed by atoms with Crippen LogP contribution in [0, 0.1) is 6.92 Å². The molecule has 1 nitrogen and oxygen atoms in total. The first kappa shape index (κ1) is 11.7. The van der Waals surface area contributed by atoms with E-state index < -0.39 is 0 Å². The topological polar surface area (TPSA) is 20.2 Å². The van der Waals surface area contributed by atoms with Gasteiger partial charge < -0.3 is 5.11 Å². The van der Waals surface area contributed by atoms with Crippen molar-refractivity contribution >= 4 is 0 Å². The Morgan fingerprint density at radius 2 is 1.71 bits per heavy atom. The summed E-state index contributed by atoms with van der Waals surface area (Å²) in [5.41, 5.74) is 4.64. The maximum atomic E-state index is 9.63. The standard InChI is InChI=1S/C16H18O/c1-11(2)13-5-4-6-14(9-13)15-7-12(3)8-16(17)10-15/h4-11,17H,1-3H3. The fourth-order valence-electron chi connectivity index (χ4n) is 2.01. The van der Waals surface area contributed by atoms with Crippen LogP contribution in [0.5, 0.6) is 5.75 Å². The number of hydrogen-bond acceptors (Lipinski definition) is 1. The third kappa shape index (κ3) is 2.68. The van der Waals surface area contributed by atoms with Gasteiger partial charge in [-0.3, -0.25) is 0 Å². The lowest BCUT2D eigenvalue weighted by atomic mass is 9.96. The highest BCUT2D eigenvalue weighted by Crippen LogP contribution is 2.27. The number of hydrogen-bond donors (Lipinski definition) is 1. The van der Waals surface area contributed by atoms with Gasteiger partial charge in [-0.2, -0.15) is 0 Å². The SMILES string of the molecule is Cc1cc(O)cc(-c2cccc(C(C)C)c2)c1. The summed E-state index contributed by atoms with van der Waals surface area (Å²) in [6.45, 7) is 6.37. The van der Waals surface area contributed by atoms with Crippen LogP contribution >= 0.6 is 0 Å². The maximum absolute atomic E-state index is 9.63. The van der Waals surface area contributed by atoms with Crippen LogP contribution in [0.4, 0.5) is 0 Å². The minimum Gasteiger partial charge on any atom is -0.508 e. The molecule has 0 fully saturated rings. The fraction of sp³-hybridized carbons (Fsp3) is 0.250. The van der Waals surface area contributed by atoms with E-state index in [1.807, 2.05) is 13.0 Å². The molecule has 88 valence electrons. The second kappa shape index (κ2) is 4.62.